The Hall–Kier alpha value is -1.85. The van der Waals surface area contributed by atoms with Crippen LogP contribution in [0.1, 0.15) is 17.7 Å². The van der Waals surface area contributed by atoms with Crippen molar-refractivity contribution in [3.63, 3.8) is 0 Å². The van der Waals surface area contributed by atoms with Gasteiger partial charge in [0.1, 0.15) is 0 Å². The molecule has 1 aromatic carbocycles. The number of carbonyl (C=O) groups is 1. The topological polar surface area (TPSA) is 66.2 Å². The highest BCUT2D eigenvalue weighted by molar-refractivity contribution is 5.84. The number of carbonyl (C=O) groups excluding carboxylic acids is 1. The zero-order valence-electron chi connectivity index (χ0n) is 12.9. The molecule has 1 amide bonds. The maximum absolute atomic E-state index is 12.0. The Morgan fingerprint density at radius 1 is 1.41 bits per heavy atom. The molecule has 1 atom stereocenters. The number of benzene rings is 1. The maximum atomic E-state index is 12.0. The van der Waals surface area contributed by atoms with Crippen LogP contribution in [0.4, 0.5) is 0 Å². The third-order valence-corrected chi connectivity index (χ3v) is 4.15. The van der Waals surface area contributed by atoms with E-state index < -0.39 is 0 Å². The van der Waals surface area contributed by atoms with E-state index in [4.69, 9.17) is 4.74 Å². The van der Waals surface area contributed by atoms with Gasteiger partial charge in [0.15, 0.2) is 0 Å². The fraction of sp³-hybridized carbons (Fsp3) is 0.471. The van der Waals surface area contributed by atoms with Crippen LogP contribution in [-0.2, 0) is 16.0 Å². The first kappa shape index (κ1) is 15.1. The van der Waals surface area contributed by atoms with Gasteiger partial charge in [0, 0.05) is 42.1 Å². The number of aromatic amines is 1. The summed E-state index contributed by atoms with van der Waals surface area (Å²) in [5, 5.41) is 7.56. The summed E-state index contributed by atoms with van der Waals surface area (Å²) in [4.78, 5) is 15.4. The third-order valence-electron chi connectivity index (χ3n) is 4.15. The summed E-state index contributed by atoms with van der Waals surface area (Å²) < 4.78 is 5.36. The Kier molecular flexibility index (Phi) is 4.75. The average molecular weight is 301 g/mol. The molecule has 0 radical (unpaired) electrons. The summed E-state index contributed by atoms with van der Waals surface area (Å²) in [6, 6.07) is 8.43. The molecule has 1 aliphatic heterocycles. The van der Waals surface area contributed by atoms with Crippen LogP contribution in [0.2, 0.25) is 0 Å². The van der Waals surface area contributed by atoms with Crippen LogP contribution >= 0.6 is 0 Å². The molecule has 5 nitrogen and oxygen atoms in total. The van der Waals surface area contributed by atoms with E-state index in [-0.39, 0.29) is 11.9 Å². The quantitative estimate of drug-likeness (QED) is 0.784. The number of H-pyrrole nitrogens is 1. The summed E-state index contributed by atoms with van der Waals surface area (Å²) in [5.74, 6) is 0.0838. The molecule has 0 spiro atoms. The molecule has 2 heterocycles. The molecule has 1 unspecified atom stereocenters. The SMILES string of the molecule is Cc1[nH]c2ccccc2c1CCNC(=O)CC1COCCN1. The van der Waals surface area contributed by atoms with Crippen LogP contribution in [0.25, 0.3) is 10.9 Å². The summed E-state index contributed by atoms with van der Waals surface area (Å²) in [6.07, 6.45) is 1.32. The van der Waals surface area contributed by atoms with Gasteiger partial charge in [0.2, 0.25) is 5.91 Å². The largest absolute Gasteiger partial charge is 0.378 e. The normalized spacial score (nSPS) is 18.5. The second-order valence-electron chi connectivity index (χ2n) is 5.80. The minimum atomic E-state index is 0.0838. The van der Waals surface area contributed by atoms with E-state index in [1.54, 1.807) is 0 Å². The van der Waals surface area contributed by atoms with Gasteiger partial charge >= 0.3 is 0 Å². The second-order valence-corrected chi connectivity index (χ2v) is 5.80. The number of para-hydroxylation sites is 1. The lowest BCUT2D eigenvalue weighted by Gasteiger charge is -2.23. The molecule has 0 bridgehead atoms. The average Bonchev–Trinajstić information content (AvgIpc) is 2.84. The van der Waals surface area contributed by atoms with Crippen molar-refractivity contribution in [2.45, 2.75) is 25.8 Å². The Bertz CT molecular complexity index is 644. The number of nitrogens with one attached hydrogen (secondary N) is 3. The highest BCUT2D eigenvalue weighted by Crippen LogP contribution is 2.21. The molecule has 1 saturated heterocycles. The Morgan fingerprint density at radius 2 is 2.27 bits per heavy atom. The lowest BCUT2D eigenvalue weighted by molar-refractivity contribution is -0.122. The van der Waals surface area contributed by atoms with Crippen LogP contribution in [-0.4, -0.2) is 43.2 Å². The monoisotopic (exact) mass is 301 g/mol. The third kappa shape index (κ3) is 3.48. The number of amides is 1. The first-order chi connectivity index (χ1) is 10.7. The van der Waals surface area contributed by atoms with E-state index in [1.807, 2.05) is 12.1 Å². The minimum absolute atomic E-state index is 0.0838. The molecule has 1 fully saturated rings. The lowest BCUT2D eigenvalue weighted by Crippen LogP contribution is -2.44. The smallest absolute Gasteiger partial charge is 0.221 e. The first-order valence-electron chi connectivity index (χ1n) is 7.88. The molecule has 1 aliphatic rings. The number of hydrogen-bond donors (Lipinski definition) is 3. The van der Waals surface area contributed by atoms with Gasteiger partial charge in [-0.15, -0.1) is 0 Å². The van der Waals surface area contributed by atoms with Crippen molar-refractivity contribution in [3.05, 3.63) is 35.5 Å². The molecule has 22 heavy (non-hydrogen) atoms. The maximum Gasteiger partial charge on any atom is 0.221 e. The van der Waals surface area contributed by atoms with Crippen LogP contribution < -0.4 is 10.6 Å². The van der Waals surface area contributed by atoms with Gasteiger partial charge in [-0.1, -0.05) is 18.2 Å². The molecule has 3 N–H and O–H groups in total. The highest BCUT2D eigenvalue weighted by atomic mass is 16.5. The molecular weight excluding hydrogens is 278 g/mol. The van der Waals surface area contributed by atoms with Gasteiger partial charge in [-0.05, 0) is 25.0 Å². The zero-order valence-corrected chi connectivity index (χ0v) is 12.9. The van der Waals surface area contributed by atoms with Gasteiger partial charge < -0.3 is 20.4 Å². The number of rotatable bonds is 5. The number of morpholine rings is 1. The van der Waals surface area contributed by atoms with Gasteiger partial charge in [0.05, 0.1) is 13.2 Å². The van der Waals surface area contributed by atoms with Crippen LogP contribution in [0.15, 0.2) is 24.3 Å². The molecular formula is C17H23N3O2. The van der Waals surface area contributed by atoms with Crippen molar-refractivity contribution < 1.29 is 9.53 Å². The second kappa shape index (κ2) is 6.94. The number of aryl methyl sites for hydroxylation is 1. The van der Waals surface area contributed by atoms with E-state index in [9.17, 15) is 4.79 Å². The molecule has 3 rings (SSSR count). The molecule has 1 aromatic heterocycles. The molecule has 0 aliphatic carbocycles. The van der Waals surface area contributed by atoms with Crippen molar-refractivity contribution in [3.8, 4) is 0 Å². The summed E-state index contributed by atoms with van der Waals surface area (Å²) in [6.45, 7) is 4.93. The highest BCUT2D eigenvalue weighted by Gasteiger charge is 2.16. The van der Waals surface area contributed by atoms with Crippen molar-refractivity contribution in [2.24, 2.45) is 0 Å². The summed E-state index contributed by atoms with van der Waals surface area (Å²) in [7, 11) is 0. The number of ether oxygens (including phenoxy) is 1. The van der Waals surface area contributed by atoms with Gasteiger partial charge in [-0.3, -0.25) is 4.79 Å². The van der Waals surface area contributed by atoms with E-state index in [1.165, 1.54) is 16.6 Å². The lowest BCUT2D eigenvalue weighted by atomic mass is 10.1. The predicted octanol–water partition coefficient (Wildman–Crippen LogP) is 1.51. The van der Waals surface area contributed by atoms with Crippen LogP contribution in [0.5, 0.6) is 0 Å². The van der Waals surface area contributed by atoms with Crippen molar-refractivity contribution in [1.82, 2.24) is 15.6 Å². The Balaban J connectivity index is 1.51. The van der Waals surface area contributed by atoms with Gasteiger partial charge in [-0.2, -0.15) is 0 Å². The molecule has 118 valence electrons. The zero-order chi connectivity index (χ0) is 15.4. The Morgan fingerprint density at radius 3 is 3.09 bits per heavy atom. The van der Waals surface area contributed by atoms with E-state index in [2.05, 4.69) is 34.7 Å². The van der Waals surface area contributed by atoms with Crippen molar-refractivity contribution >= 4 is 16.8 Å². The fourth-order valence-corrected chi connectivity index (χ4v) is 3.03. The number of hydrogen-bond acceptors (Lipinski definition) is 3. The molecule has 5 heteroatoms. The van der Waals surface area contributed by atoms with E-state index in [0.717, 1.165) is 25.1 Å². The Labute approximate surface area is 130 Å². The number of aromatic nitrogens is 1. The van der Waals surface area contributed by atoms with E-state index >= 15 is 0 Å². The minimum Gasteiger partial charge on any atom is -0.378 e. The summed E-state index contributed by atoms with van der Waals surface area (Å²) >= 11 is 0. The van der Waals surface area contributed by atoms with Gasteiger partial charge in [0.25, 0.3) is 0 Å². The summed E-state index contributed by atoms with van der Waals surface area (Å²) in [5.41, 5.74) is 3.62. The predicted molar refractivity (Wildman–Crippen MR) is 87.0 cm³/mol. The van der Waals surface area contributed by atoms with Crippen LogP contribution in [0, 0.1) is 6.92 Å². The fourth-order valence-electron chi connectivity index (χ4n) is 3.03. The number of fused-ring (bicyclic) bond motifs is 1. The first-order valence-corrected chi connectivity index (χ1v) is 7.88. The van der Waals surface area contributed by atoms with E-state index in [0.29, 0.717) is 19.6 Å². The van der Waals surface area contributed by atoms with Crippen LogP contribution in [0.3, 0.4) is 0 Å². The molecule has 2 aromatic rings. The standard InChI is InChI=1S/C17H23N3O2/c1-12-14(15-4-2-3-5-16(15)20-12)6-7-19-17(21)10-13-11-22-9-8-18-13/h2-5,13,18,20H,6-11H2,1H3,(H,19,21). The molecule has 0 saturated carbocycles. The van der Waals surface area contributed by atoms with Gasteiger partial charge in [-0.25, -0.2) is 0 Å². The van der Waals surface area contributed by atoms with Crippen molar-refractivity contribution in [2.75, 3.05) is 26.3 Å². The van der Waals surface area contributed by atoms with Crippen molar-refractivity contribution in [1.29, 1.82) is 0 Å².